The number of fused-ring (bicyclic) bond motifs is 1. The van der Waals surface area contributed by atoms with Gasteiger partial charge >= 0.3 is 18.0 Å². The zero-order chi connectivity index (χ0) is 35.1. The number of nitrogens with one attached hydrogen (secondary N) is 2. The van der Waals surface area contributed by atoms with Gasteiger partial charge < -0.3 is 24.8 Å². The van der Waals surface area contributed by atoms with E-state index in [0.717, 1.165) is 0 Å². The summed E-state index contributed by atoms with van der Waals surface area (Å²) in [7, 11) is 0. The van der Waals surface area contributed by atoms with Crippen molar-refractivity contribution in [3.63, 3.8) is 0 Å². The second-order valence-corrected chi connectivity index (χ2v) is 14.5. The molecule has 0 spiro atoms. The van der Waals surface area contributed by atoms with Gasteiger partial charge in [0.15, 0.2) is 6.10 Å². The molecule has 0 aromatic heterocycles. The second-order valence-electron chi connectivity index (χ2n) is 10.9. The Morgan fingerprint density at radius 2 is 1.43 bits per heavy atom. The standard InChI is InChI=1S/C34H30Cl3N3O8S/c1-20(41)46-17-24-18-49-31-26(38-29(42)25(21-11-5-2-6-12-21)39-33(45)47-19-34(35,36)37)30(43)40(31)27(24)32(44)48-28(22-13-7-3-8-14-22)23-15-9-4-10-16-23/h2-16,25-26,28,31H,17-19H2,1H3,(H,38,42)(H,39,45)/t25-,26?,31-/m0/s1. The van der Waals surface area contributed by atoms with Gasteiger partial charge in [0, 0.05) is 18.2 Å². The average Bonchev–Trinajstić information content (AvgIpc) is 3.10. The van der Waals surface area contributed by atoms with Gasteiger partial charge in [-0.15, -0.1) is 11.8 Å². The smallest absolute Gasteiger partial charge is 0.408 e. The monoisotopic (exact) mass is 745 g/mol. The number of benzene rings is 3. The molecule has 3 aromatic carbocycles. The van der Waals surface area contributed by atoms with Gasteiger partial charge in [-0.25, -0.2) is 9.59 Å². The predicted molar refractivity (Wildman–Crippen MR) is 183 cm³/mol. The number of carbonyl (C=O) groups is 5. The maximum absolute atomic E-state index is 14.0. The van der Waals surface area contributed by atoms with E-state index in [-0.39, 0.29) is 18.1 Å². The molecular formula is C34H30Cl3N3O8S. The molecule has 0 bridgehead atoms. The Labute approximate surface area is 301 Å². The highest BCUT2D eigenvalue weighted by Gasteiger charge is 2.55. The van der Waals surface area contributed by atoms with Crippen molar-refractivity contribution in [3.05, 3.63) is 119 Å². The third-order valence-corrected chi connectivity index (χ3v) is 9.11. The normalized spacial score (nSPS) is 17.7. The fourth-order valence-electron chi connectivity index (χ4n) is 5.21. The van der Waals surface area contributed by atoms with Crippen molar-refractivity contribution in [1.29, 1.82) is 0 Å². The minimum atomic E-state index is -1.87. The van der Waals surface area contributed by atoms with Crippen LogP contribution in [0.2, 0.25) is 0 Å². The van der Waals surface area contributed by atoms with E-state index in [0.29, 0.717) is 22.3 Å². The van der Waals surface area contributed by atoms with Crippen LogP contribution in [0.3, 0.4) is 0 Å². The Morgan fingerprint density at radius 1 is 0.878 bits per heavy atom. The lowest BCUT2D eigenvalue weighted by Crippen LogP contribution is -2.71. The fraction of sp³-hybridized carbons (Fsp3) is 0.265. The van der Waals surface area contributed by atoms with Gasteiger partial charge in [-0.05, 0) is 16.7 Å². The molecule has 1 saturated heterocycles. The van der Waals surface area contributed by atoms with E-state index in [9.17, 15) is 24.0 Å². The lowest BCUT2D eigenvalue weighted by atomic mass is 10.00. The van der Waals surface area contributed by atoms with Crippen molar-refractivity contribution >= 4 is 76.4 Å². The Kier molecular flexibility index (Phi) is 11.8. The molecule has 256 valence electrons. The summed E-state index contributed by atoms with van der Waals surface area (Å²) in [6.07, 6.45) is -1.84. The quantitative estimate of drug-likeness (QED) is 0.115. The van der Waals surface area contributed by atoms with E-state index in [1.165, 1.54) is 23.6 Å². The Balaban J connectivity index is 1.38. The summed E-state index contributed by atoms with van der Waals surface area (Å²) in [5.41, 5.74) is 2.12. The van der Waals surface area contributed by atoms with Crippen LogP contribution >= 0.6 is 46.6 Å². The fourth-order valence-corrected chi connectivity index (χ4v) is 6.70. The number of carbonyl (C=O) groups excluding carboxylic acids is 5. The molecule has 49 heavy (non-hydrogen) atoms. The van der Waals surface area contributed by atoms with Gasteiger partial charge in [-0.1, -0.05) is 126 Å². The van der Waals surface area contributed by atoms with Crippen LogP contribution in [0.15, 0.2) is 102 Å². The summed E-state index contributed by atoms with van der Waals surface area (Å²) in [6, 6.07) is 24.2. The third-order valence-electron chi connectivity index (χ3n) is 7.44. The zero-order valence-corrected chi connectivity index (χ0v) is 28.9. The molecular weight excluding hydrogens is 717 g/mol. The molecule has 5 rings (SSSR count). The van der Waals surface area contributed by atoms with Crippen molar-refractivity contribution in [1.82, 2.24) is 15.5 Å². The number of halogens is 3. The van der Waals surface area contributed by atoms with E-state index < -0.39 is 63.8 Å². The Morgan fingerprint density at radius 3 is 1.96 bits per heavy atom. The molecule has 15 heteroatoms. The molecule has 2 N–H and O–H groups in total. The molecule has 3 amide bonds. The average molecular weight is 747 g/mol. The number of hydrogen-bond acceptors (Lipinski definition) is 9. The number of ether oxygens (including phenoxy) is 3. The molecule has 0 aliphatic carbocycles. The highest BCUT2D eigenvalue weighted by molar-refractivity contribution is 8.00. The summed E-state index contributed by atoms with van der Waals surface area (Å²) in [5, 5.41) is 4.44. The molecule has 0 saturated carbocycles. The van der Waals surface area contributed by atoms with Gasteiger partial charge in [-0.3, -0.25) is 19.3 Å². The Bertz CT molecular complexity index is 1690. The highest BCUT2D eigenvalue weighted by atomic mass is 35.6. The lowest BCUT2D eigenvalue weighted by molar-refractivity contribution is -0.155. The van der Waals surface area contributed by atoms with Crippen LogP contribution in [0.1, 0.15) is 35.8 Å². The van der Waals surface area contributed by atoms with E-state index in [1.807, 2.05) is 60.7 Å². The van der Waals surface area contributed by atoms with Gasteiger partial charge in [-0.2, -0.15) is 0 Å². The molecule has 11 nitrogen and oxygen atoms in total. The van der Waals surface area contributed by atoms with Crippen molar-refractivity contribution in [3.8, 4) is 0 Å². The first-order valence-corrected chi connectivity index (χ1v) is 17.1. The number of nitrogens with zero attached hydrogens (tertiary/aromatic N) is 1. The van der Waals surface area contributed by atoms with Crippen molar-refractivity contribution in [2.45, 2.75) is 34.3 Å². The minimum Gasteiger partial charge on any atom is -0.461 e. The first-order valence-electron chi connectivity index (χ1n) is 14.9. The van der Waals surface area contributed by atoms with Crippen LogP contribution in [0.5, 0.6) is 0 Å². The maximum atomic E-state index is 14.0. The third kappa shape index (κ3) is 9.07. The number of hydrogen-bond donors (Lipinski definition) is 2. The molecule has 0 radical (unpaired) electrons. The topological polar surface area (TPSA) is 140 Å². The first kappa shape index (κ1) is 36.1. The Hall–Kier alpha value is -4.23. The van der Waals surface area contributed by atoms with Crippen LogP contribution < -0.4 is 10.6 Å². The van der Waals surface area contributed by atoms with Crippen molar-refractivity contribution in [2.75, 3.05) is 19.0 Å². The zero-order valence-electron chi connectivity index (χ0n) is 25.8. The van der Waals surface area contributed by atoms with Gasteiger partial charge in [0.1, 0.15) is 36.4 Å². The van der Waals surface area contributed by atoms with Crippen molar-refractivity contribution < 1.29 is 38.2 Å². The molecule has 2 heterocycles. The minimum absolute atomic E-state index is 0.0645. The van der Waals surface area contributed by atoms with E-state index in [2.05, 4.69) is 10.6 Å². The number of alkyl carbamates (subject to hydrolysis) is 1. The van der Waals surface area contributed by atoms with Crippen LogP contribution in [0.25, 0.3) is 0 Å². The van der Waals surface area contributed by atoms with Crippen molar-refractivity contribution in [2.24, 2.45) is 0 Å². The second kappa shape index (κ2) is 16.0. The molecule has 1 fully saturated rings. The van der Waals surface area contributed by atoms with E-state index >= 15 is 0 Å². The summed E-state index contributed by atoms with van der Waals surface area (Å²) in [6.45, 7) is 0.429. The van der Waals surface area contributed by atoms with Crippen LogP contribution in [0, 0.1) is 0 Å². The van der Waals surface area contributed by atoms with Crippen LogP contribution in [-0.2, 0) is 33.4 Å². The highest BCUT2D eigenvalue weighted by Crippen LogP contribution is 2.42. The molecule has 1 unspecified atom stereocenters. The number of esters is 2. The molecule has 3 atom stereocenters. The number of alkyl halides is 3. The predicted octanol–water partition coefficient (Wildman–Crippen LogP) is 5.37. The van der Waals surface area contributed by atoms with Gasteiger partial charge in [0.05, 0.1) is 0 Å². The molecule has 2 aliphatic heterocycles. The van der Waals surface area contributed by atoms with Gasteiger partial charge in [0.25, 0.3) is 5.91 Å². The largest absolute Gasteiger partial charge is 0.461 e. The maximum Gasteiger partial charge on any atom is 0.408 e. The number of β-lactam (4-membered cyclic amide) rings is 1. The number of thioether (sulfide) groups is 1. The molecule has 2 aliphatic rings. The molecule has 3 aromatic rings. The SMILES string of the molecule is CC(=O)OCC1=C(C(=O)OC(c2ccccc2)c2ccccc2)N2C(=O)C(NC(=O)[C@@H](NC(=O)OCC(Cl)(Cl)Cl)c3ccccc3)[C@@H]2SC1. The summed E-state index contributed by atoms with van der Waals surface area (Å²) in [4.78, 5) is 66.9. The number of amides is 3. The van der Waals surface area contributed by atoms with Crippen LogP contribution in [-0.4, -0.2) is 68.9 Å². The van der Waals surface area contributed by atoms with E-state index in [1.54, 1.807) is 30.3 Å². The number of rotatable bonds is 11. The summed E-state index contributed by atoms with van der Waals surface area (Å²) >= 11 is 18.3. The lowest BCUT2D eigenvalue weighted by Gasteiger charge is -2.50. The summed E-state index contributed by atoms with van der Waals surface area (Å²) in [5.74, 6) is -2.49. The van der Waals surface area contributed by atoms with E-state index in [4.69, 9.17) is 49.0 Å². The van der Waals surface area contributed by atoms with Gasteiger partial charge in [0.2, 0.25) is 9.70 Å². The summed E-state index contributed by atoms with van der Waals surface area (Å²) < 4.78 is 14.4. The van der Waals surface area contributed by atoms with Crippen LogP contribution in [0.4, 0.5) is 4.79 Å². The first-order chi connectivity index (χ1) is 23.4.